The van der Waals surface area contributed by atoms with Crippen LogP contribution in [0.4, 0.5) is 5.82 Å². The Morgan fingerprint density at radius 3 is 2.67 bits per heavy atom. The van der Waals surface area contributed by atoms with Crippen molar-refractivity contribution in [2.45, 2.75) is 18.9 Å². The number of nitrogens with zero attached hydrogens (tertiary/aromatic N) is 4. The average molecular weight is 277 g/mol. The Labute approximate surface area is 122 Å². The minimum atomic E-state index is 0.474. The van der Waals surface area contributed by atoms with Gasteiger partial charge in [0, 0.05) is 17.7 Å². The quantitative estimate of drug-likeness (QED) is 0.799. The molecule has 3 aromatic rings. The average Bonchev–Trinajstić information content (AvgIpc) is 3.24. The molecule has 5 heteroatoms. The van der Waals surface area contributed by atoms with Crippen molar-refractivity contribution in [1.82, 2.24) is 19.5 Å². The van der Waals surface area contributed by atoms with Gasteiger partial charge in [-0.3, -0.25) is 0 Å². The van der Waals surface area contributed by atoms with Crippen LogP contribution in [-0.2, 0) is 0 Å². The third-order valence-electron chi connectivity index (χ3n) is 3.65. The Kier molecular flexibility index (Phi) is 2.70. The summed E-state index contributed by atoms with van der Waals surface area (Å²) in [5.74, 6) is 1.11. The summed E-state index contributed by atoms with van der Waals surface area (Å²) in [6.07, 6.45) is 6.04. The maximum Gasteiger partial charge on any atom is 0.180 e. The van der Waals surface area contributed by atoms with E-state index in [4.69, 9.17) is 5.73 Å². The molecule has 1 aliphatic rings. The summed E-state index contributed by atoms with van der Waals surface area (Å²) >= 11 is 0. The number of rotatable bonds is 3. The molecule has 2 aromatic heterocycles. The molecule has 0 atom stereocenters. The molecule has 0 aliphatic heterocycles. The molecule has 1 aromatic carbocycles. The maximum absolute atomic E-state index is 5.96. The van der Waals surface area contributed by atoms with E-state index in [1.807, 2.05) is 42.9 Å². The second-order valence-electron chi connectivity index (χ2n) is 5.29. The molecule has 1 aliphatic carbocycles. The van der Waals surface area contributed by atoms with Crippen molar-refractivity contribution < 1.29 is 0 Å². The van der Waals surface area contributed by atoms with Crippen LogP contribution in [0, 0.1) is 0 Å². The van der Waals surface area contributed by atoms with Crippen molar-refractivity contribution in [2.24, 2.45) is 0 Å². The lowest BCUT2D eigenvalue weighted by molar-refractivity contribution is 0.743. The predicted octanol–water partition coefficient (Wildman–Crippen LogP) is 2.92. The Morgan fingerprint density at radius 1 is 1.10 bits per heavy atom. The first kappa shape index (κ1) is 12.1. The van der Waals surface area contributed by atoms with E-state index < -0.39 is 0 Å². The smallest absolute Gasteiger partial charge is 0.180 e. The molecule has 104 valence electrons. The minimum absolute atomic E-state index is 0.474. The van der Waals surface area contributed by atoms with Crippen LogP contribution >= 0.6 is 0 Å². The number of benzene rings is 1. The zero-order chi connectivity index (χ0) is 14.2. The number of imidazole rings is 1. The molecule has 4 rings (SSSR count). The number of hydrogen-bond acceptors (Lipinski definition) is 4. The molecular weight excluding hydrogens is 262 g/mol. The summed E-state index contributed by atoms with van der Waals surface area (Å²) in [5.41, 5.74) is 8.76. The van der Waals surface area contributed by atoms with Crippen LogP contribution in [0.2, 0.25) is 0 Å². The fraction of sp³-hybridized carbons (Fsp3) is 0.188. The molecule has 1 saturated carbocycles. The molecule has 0 amide bonds. The third kappa shape index (κ3) is 2.27. The molecular formula is C16H15N5. The Morgan fingerprint density at radius 2 is 1.90 bits per heavy atom. The van der Waals surface area contributed by atoms with Crippen LogP contribution < -0.4 is 5.73 Å². The monoisotopic (exact) mass is 277 g/mol. The summed E-state index contributed by atoms with van der Waals surface area (Å²) in [4.78, 5) is 13.3. The van der Waals surface area contributed by atoms with Crippen molar-refractivity contribution in [3.8, 4) is 22.8 Å². The van der Waals surface area contributed by atoms with Gasteiger partial charge >= 0.3 is 0 Å². The van der Waals surface area contributed by atoms with Crippen molar-refractivity contribution in [3.63, 3.8) is 0 Å². The highest BCUT2D eigenvalue weighted by atomic mass is 15.1. The van der Waals surface area contributed by atoms with Crippen molar-refractivity contribution in [2.75, 3.05) is 5.73 Å². The van der Waals surface area contributed by atoms with E-state index in [1.54, 1.807) is 6.07 Å². The van der Waals surface area contributed by atoms with Crippen LogP contribution in [0.25, 0.3) is 22.8 Å². The molecule has 0 bridgehead atoms. The summed E-state index contributed by atoms with van der Waals surface area (Å²) in [5, 5.41) is 0. The van der Waals surface area contributed by atoms with Crippen LogP contribution in [0.5, 0.6) is 0 Å². The van der Waals surface area contributed by atoms with E-state index >= 15 is 0 Å². The highest BCUT2D eigenvalue weighted by Gasteiger charge is 2.26. The van der Waals surface area contributed by atoms with E-state index in [2.05, 4.69) is 19.5 Å². The highest BCUT2D eigenvalue weighted by Crippen LogP contribution is 2.37. The number of nitrogens with two attached hydrogens (primary N) is 1. The van der Waals surface area contributed by atoms with E-state index in [1.165, 1.54) is 12.8 Å². The maximum atomic E-state index is 5.96. The predicted molar refractivity (Wildman–Crippen MR) is 81.4 cm³/mol. The summed E-state index contributed by atoms with van der Waals surface area (Å²) < 4.78 is 2.14. The summed E-state index contributed by atoms with van der Waals surface area (Å²) in [6.45, 7) is 0. The third-order valence-corrected chi connectivity index (χ3v) is 3.65. The second kappa shape index (κ2) is 4.70. The number of hydrogen-bond donors (Lipinski definition) is 1. The van der Waals surface area contributed by atoms with Crippen LogP contribution in [0.1, 0.15) is 18.9 Å². The van der Waals surface area contributed by atoms with Gasteiger partial charge < -0.3 is 10.3 Å². The first-order chi connectivity index (χ1) is 10.3. The van der Waals surface area contributed by atoms with Crippen LogP contribution in [0.15, 0.2) is 48.9 Å². The van der Waals surface area contributed by atoms with Gasteiger partial charge in [-0.2, -0.15) is 0 Å². The van der Waals surface area contributed by atoms with Gasteiger partial charge in [0.15, 0.2) is 5.82 Å². The molecule has 2 heterocycles. The topological polar surface area (TPSA) is 69.6 Å². The van der Waals surface area contributed by atoms with Crippen molar-refractivity contribution >= 4 is 5.82 Å². The molecule has 0 radical (unpaired) electrons. The lowest BCUT2D eigenvalue weighted by Gasteiger charge is -2.08. The normalized spacial score (nSPS) is 14.3. The second-order valence-corrected chi connectivity index (χ2v) is 5.29. The largest absolute Gasteiger partial charge is 0.384 e. The van der Waals surface area contributed by atoms with Gasteiger partial charge in [-0.25, -0.2) is 15.0 Å². The zero-order valence-electron chi connectivity index (χ0n) is 11.5. The minimum Gasteiger partial charge on any atom is -0.384 e. The molecule has 21 heavy (non-hydrogen) atoms. The molecule has 0 spiro atoms. The standard InChI is InChI=1S/C16H15N5/c17-15-8-13(11-4-2-1-3-5-11)19-16(20-15)14-9-18-10-21(14)12-6-7-12/h1-5,8-10,12H,6-7H2,(H2,17,19,20). The Balaban J connectivity index is 1.82. The number of nitrogen functional groups attached to an aromatic ring is 1. The molecule has 2 N–H and O–H groups in total. The van der Waals surface area contributed by atoms with Crippen molar-refractivity contribution in [1.29, 1.82) is 0 Å². The van der Waals surface area contributed by atoms with Gasteiger partial charge in [-0.1, -0.05) is 30.3 Å². The molecule has 0 saturated heterocycles. The van der Waals surface area contributed by atoms with Gasteiger partial charge in [-0.15, -0.1) is 0 Å². The Bertz CT molecular complexity index is 774. The van der Waals surface area contributed by atoms with Gasteiger partial charge in [0.1, 0.15) is 11.5 Å². The first-order valence-corrected chi connectivity index (χ1v) is 7.03. The SMILES string of the molecule is Nc1cc(-c2ccccc2)nc(-c2cncn2C2CC2)n1. The van der Waals surface area contributed by atoms with Gasteiger partial charge in [-0.05, 0) is 12.8 Å². The van der Waals surface area contributed by atoms with Crippen LogP contribution in [-0.4, -0.2) is 19.5 Å². The molecule has 0 unspecified atom stereocenters. The number of anilines is 1. The lowest BCUT2D eigenvalue weighted by Crippen LogP contribution is -2.02. The van der Waals surface area contributed by atoms with E-state index in [-0.39, 0.29) is 0 Å². The first-order valence-electron chi connectivity index (χ1n) is 7.03. The number of aromatic nitrogens is 4. The van der Waals surface area contributed by atoms with E-state index in [9.17, 15) is 0 Å². The zero-order valence-corrected chi connectivity index (χ0v) is 11.5. The summed E-state index contributed by atoms with van der Waals surface area (Å²) in [7, 11) is 0. The molecule has 5 nitrogen and oxygen atoms in total. The lowest BCUT2D eigenvalue weighted by atomic mass is 10.1. The van der Waals surface area contributed by atoms with E-state index in [0.717, 1.165) is 17.0 Å². The van der Waals surface area contributed by atoms with Gasteiger partial charge in [0.2, 0.25) is 0 Å². The van der Waals surface area contributed by atoms with Gasteiger partial charge in [0.05, 0.1) is 18.2 Å². The van der Waals surface area contributed by atoms with Gasteiger partial charge in [0.25, 0.3) is 0 Å². The fourth-order valence-electron chi connectivity index (χ4n) is 2.46. The Hall–Kier alpha value is -2.69. The van der Waals surface area contributed by atoms with Crippen LogP contribution in [0.3, 0.4) is 0 Å². The fourth-order valence-corrected chi connectivity index (χ4v) is 2.46. The molecule has 1 fully saturated rings. The van der Waals surface area contributed by atoms with E-state index in [0.29, 0.717) is 17.7 Å². The summed E-state index contributed by atoms with van der Waals surface area (Å²) in [6, 6.07) is 12.3. The van der Waals surface area contributed by atoms with Crippen molar-refractivity contribution in [3.05, 3.63) is 48.9 Å². The highest BCUT2D eigenvalue weighted by molar-refractivity contribution is 5.65.